The van der Waals surface area contributed by atoms with Gasteiger partial charge in [-0.25, -0.2) is 9.59 Å². The van der Waals surface area contributed by atoms with Crippen molar-refractivity contribution >= 4 is 23.6 Å². The van der Waals surface area contributed by atoms with Gasteiger partial charge in [0.25, 0.3) is 0 Å². The number of carbonyl (C=O) groups is 3. The molecule has 0 aliphatic carbocycles. The summed E-state index contributed by atoms with van der Waals surface area (Å²) in [5, 5.41) is 2.80. The fraction of sp³-hybridized carbons (Fsp3) is 0.348. The number of urea groups is 1. The SMILES string of the molecule is COC(=O)c1ccc(NC(=O)N2CC(=O)N3CCc4cc(OC)c(OC)cc4C3C2)cc1. The number of amides is 3. The second-order valence-electron chi connectivity index (χ2n) is 7.64. The summed E-state index contributed by atoms with van der Waals surface area (Å²) in [7, 11) is 4.47. The van der Waals surface area contributed by atoms with Crippen molar-refractivity contribution in [3.8, 4) is 11.5 Å². The molecule has 0 radical (unpaired) electrons. The number of rotatable bonds is 4. The molecule has 1 unspecified atom stereocenters. The minimum Gasteiger partial charge on any atom is -0.493 e. The van der Waals surface area contributed by atoms with E-state index in [2.05, 4.69) is 10.1 Å². The van der Waals surface area contributed by atoms with E-state index in [-0.39, 0.29) is 24.5 Å². The Hall–Kier alpha value is -3.75. The third kappa shape index (κ3) is 3.93. The molecule has 3 amide bonds. The molecule has 9 heteroatoms. The molecular weight excluding hydrogens is 414 g/mol. The molecule has 2 aliphatic heterocycles. The largest absolute Gasteiger partial charge is 0.493 e. The fourth-order valence-electron chi connectivity index (χ4n) is 4.22. The van der Waals surface area contributed by atoms with Gasteiger partial charge in [0.05, 0.1) is 32.9 Å². The minimum absolute atomic E-state index is 0.00516. The van der Waals surface area contributed by atoms with Gasteiger partial charge in [0.15, 0.2) is 11.5 Å². The predicted octanol–water partition coefficient (Wildman–Crippen LogP) is 2.46. The highest BCUT2D eigenvalue weighted by atomic mass is 16.5. The Morgan fingerprint density at radius 1 is 1.03 bits per heavy atom. The standard InChI is InChI=1S/C23H25N3O6/c1-30-19-10-15-8-9-26-18(17(15)11-20(19)31-2)12-25(13-21(26)27)23(29)24-16-6-4-14(5-7-16)22(28)32-3/h4-7,10-11,18H,8-9,12-13H2,1-3H3,(H,24,29). The van der Waals surface area contributed by atoms with Crippen LogP contribution >= 0.6 is 0 Å². The van der Waals surface area contributed by atoms with Gasteiger partial charge in [0.1, 0.15) is 6.54 Å². The van der Waals surface area contributed by atoms with Gasteiger partial charge in [-0.05, 0) is 53.9 Å². The second-order valence-corrected chi connectivity index (χ2v) is 7.64. The third-order valence-electron chi connectivity index (χ3n) is 5.89. The van der Waals surface area contributed by atoms with Crippen molar-refractivity contribution < 1.29 is 28.6 Å². The number of carbonyl (C=O) groups excluding carboxylic acids is 3. The number of piperazine rings is 1. The quantitative estimate of drug-likeness (QED) is 0.735. The highest BCUT2D eigenvalue weighted by molar-refractivity contribution is 5.94. The Kier molecular flexibility index (Phi) is 5.89. The summed E-state index contributed by atoms with van der Waals surface area (Å²) < 4.78 is 15.5. The molecule has 2 aromatic rings. The summed E-state index contributed by atoms with van der Waals surface area (Å²) in [4.78, 5) is 40.6. The Morgan fingerprint density at radius 3 is 2.38 bits per heavy atom. The Morgan fingerprint density at radius 2 is 1.72 bits per heavy atom. The Bertz CT molecular complexity index is 1050. The van der Waals surface area contributed by atoms with Crippen molar-refractivity contribution in [2.45, 2.75) is 12.5 Å². The highest BCUT2D eigenvalue weighted by Gasteiger charge is 2.39. The summed E-state index contributed by atoms with van der Waals surface area (Å²) in [6.45, 7) is 0.960. The van der Waals surface area contributed by atoms with Crippen LogP contribution < -0.4 is 14.8 Å². The number of hydrogen-bond acceptors (Lipinski definition) is 6. The van der Waals surface area contributed by atoms with Crippen molar-refractivity contribution in [1.29, 1.82) is 0 Å². The van der Waals surface area contributed by atoms with Gasteiger partial charge in [-0.3, -0.25) is 4.79 Å². The minimum atomic E-state index is -0.451. The maximum atomic E-state index is 12.9. The van der Waals surface area contributed by atoms with Gasteiger partial charge in [-0.15, -0.1) is 0 Å². The first-order valence-electron chi connectivity index (χ1n) is 10.2. The van der Waals surface area contributed by atoms with Gasteiger partial charge in [0, 0.05) is 18.8 Å². The van der Waals surface area contributed by atoms with E-state index >= 15 is 0 Å². The normalized spacial score (nSPS) is 17.2. The van der Waals surface area contributed by atoms with Crippen LogP contribution in [0.2, 0.25) is 0 Å². The number of anilines is 1. The molecule has 1 fully saturated rings. The monoisotopic (exact) mass is 439 g/mol. The summed E-state index contributed by atoms with van der Waals surface area (Å²) in [5.41, 5.74) is 2.95. The molecule has 2 heterocycles. The molecule has 2 aliphatic rings. The van der Waals surface area contributed by atoms with Crippen LogP contribution in [0.5, 0.6) is 11.5 Å². The highest BCUT2D eigenvalue weighted by Crippen LogP contribution is 2.39. The predicted molar refractivity (Wildman–Crippen MR) is 116 cm³/mol. The van der Waals surface area contributed by atoms with Crippen LogP contribution in [0.1, 0.15) is 27.5 Å². The number of hydrogen-bond donors (Lipinski definition) is 1. The van der Waals surface area contributed by atoms with E-state index in [1.54, 1.807) is 38.5 Å². The van der Waals surface area contributed by atoms with Gasteiger partial charge in [-0.1, -0.05) is 0 Å². The van der Waals surface area contributed by atoms with Crippen LogP contribution in [0.25, 0.3) is 0 Å². The molecule has 168 valence electrons. The molecule has 0 saturated carbocycles. The van der Waals surface area contributed by atoms with Crippen LogP contribution in [0, 0.1) is 0 Å². The molecule has 1 atom stereocenters. The van der Waals surface area contributed by atoms with Gasteiger partial charge >= 0.3 is 12.0 Å². The Labute approximate surface area is 185 Å². The average Bonchev–Trinajstić information content (AvgIpc) is 2.82. The van der Waals surface area contributed by atoms with E-state index in [1.165, 1.54) is 12.0 Å². The molecule has 1 saturated heterocycles. The van der Waals surface area contributed by atoms with E-state index in [4.69, 9.17) is 9.47 Å². The number of fused-ring (bicyclic) bond motifs is 3. The van der Waals surface area contributed by atoms with Crippen molar-refractivity contribution in [2.75, 3.05) is 46.3 Å². The smallest absolute Gasteiger partial charge is 0.337 e. The number of ether oxygens (including phenoxy) is 3. The maximum absolute atomic E-state index is 12.9. The zero-order valence-corrected chi connectivity index (χ0v) is 18.2. The lowest BCUT2D eigenvalue weighted by Crippen LogP contribution is -2.56. The van der Waals surface area contributed by atoms with E-state index in [1.807, 2.05) is 17.0 Å². The molecule has 32 heavy (non-hydrogen) atoms. The number of benzene rings is 2. The molecular formula is C23H25N3O6. The summed E-state index contributed by atoms with van der Waals surface area (Å²) in [5.74, 6) is 0.685. The Balaban J connectivity index is 1.53. The molecule has 0 aromatic heterocycles. The van der Waals surface area contributed by atoms with Crippen molar-refractivity contribution in [3.63, 3.8) is 0 Å². The number of nitrogens with zero attached hydrogens (tertiary/aromatic N) is 2. The lowest BCUT2D eigenvalue weighted by atomic mass is 9.90. The summed E-state index contributed by atoms with van der Waals surface area (Å²) >= 11 is 0. The number of methoxy groups -OCH3 is 3. The van der Waals surface area contributed by atoms with E-state index in [0.29, 0.717) is 35.8 Å². The molecule has 9 nitrogen and oxygen atoms in total. The first-order chi connectivity index (χ1) is 15.4. The first-order valence-corrected chi connectivity index (χ1v) is 10.2. The van der Waals surface area contributed by atoms with E-state index in [0.717, 1.165) is 17.5 Å². The van der Waals surface area contributed by atoms with Crippen LogP contribution in [-0.2, 0) is 16.0 Å². The number of nitrogens with one attached hydrogen (secondary N) is 1. The summed E-state index contributed by atoms with van der Waals surface area (Å²) in [6, 6.07) is 9.58. The molecule has 2 aromatic carbocycles. The van der Waals surface area contributed by atoms with Crippen LogP contribution in [0.3, 0.4) is 0 Å². The number of esters is 1. The molecule has 0 bridgehead atoms. The van der Waals surface area contributed by atoms with Crippen molar-refractivity contribution in [3.05, 3.63) is 53.1 Å². The molecule has 0 spiro atoms. The zero-order valence-electron chi connectivity index (χ0n) is 18.2. The van der Waals surface area contributed by atoms with Crippen molar-refractivity contribution in [2.24, 2.45) is 0 Å². The fourth-order valence-corrected chi connectivity index (χ4v) is 4.22. The van der Waals surface area contributed by atoms with Crippen LogP contribution in [0.15, 0.2) is 36.4 Å². The molecule has 4 rings (SSSR count). The van der Waals surface area contributed by atoms with E-state index < -0.39 is 5.97 Å². The van der Waals surface area contributed by atoms with E-state index in [9.17, 15) is 14.4 Å². The topological polar surface area (TPSA) is 97.4 Å². The van der Waals surface area contributed by atoms with Crippen LogP contribution in [0.4, 0.5) is 10.5 Å². The second kappa shape index (κ2) is 8.78. The van der Waals surface area contributed by atoms with Gasteiger partial charge < -0.3 is 29.3 Å². The maximum Gasteiger partial charge on any atom is 0.337 e. The summed E-state index contributed by atoms with van der Waals surface area (Å²) in [6.07, 6.45) is 0.719. The van der Waals surface area contributed by atoms with Crippen molar-refractivity contribution in [1.82, 2.24) is 9.80 Å². The van der Waals surface area contributed by atoms with Gasteiger partial charge in [-0.2, -0.15) is 0 Å². The lowest BCUT2D eigenvalue weighted by Gasteiger charge is -2.44. The average molecular weight is 439 g/mol. The lowest BCUT2D eigenvalue weighted by molar-refractivity contribution is -0.139. The van der Waals surface area contributed by atoms with Crippen LogP contribution in [-0.4, -0.2) is 68.7 Å². The van der Waals surface area contributed by atoms with Gasteiger partial charge in [0.2, 0.25) is 5.91 Å². The third-order valence-corrected chi connectivity index (χ3v) is 5.89. The first kappa shape index (κ1) is 21.5. The zero-order chi connectivity index (χ0) is 22.8. The molecule has 1 N–H and O–H groups in total.